The van der Waals surface area contributed by atoms with Gasteiger partial charge >= 0.3 is 0 Å². The van der Waals surface area contributed by atoms with Crippen LogP contribution >= 0.6 is 0 Å². The Hall–Kier alpha value is -1.55. The van der Waals surface area contributed by atoms with Crippen molar-refractivity contribution < 1.29 is 4.74 Å². The molecule has 0 aliphatic rings. The van der Waals surface area contributed by atoms with Crippen molar-refractivity contribution in [3.05, 3.63) is 23.9 Å². The minimum atomic E-state index is 0.182. The maximum atomic E-state index is 5.88. The smallest absolute Gasteiger partial charge is 0.214 e. The van der Waals surface area contributed by atoms with E-state index in [0.29, 0.717) is 18.3 Å². The zero-order chi connectivity index (χ0) is 13.8. The number of hydrogen-bond donors (Lipinski definition) is 2. The molecular weight excluding hydrogens is 238 g/mol. The highest BCUT2D eigenvalue weighted by Gasteiger charge is 2.10. The zero-order valence-corrected chi connectivity index (χ0v) is 11.9. The summed E-state index contributed by atoms with van der Waals surface area (Å²) in [6, 6.07) is 3.93. The second kappa shape index (κ2) is 6.06. The number of hydrogen-bond acceptors (Lipinski definition) is 3. The van der Waals surface area contributed by atoms with Crippen LogP contribution in [0.5, 0.6) is 5.88 Å². The lowest BCUT2D eigenvalue weighted by Crippen LogP contribution is -2.15. The highest BCUT2D eigenvalue weighted by Crippen LogP contribution is 2.21. The van der Waals surface area contributed by atoms with Gasteiger partial charge in [-0.2, -0.15) is 0 Å². The van der Waals surface area contributed by atoms with Crippen molar-refractivity contribution >= 4 is 11.0 Å². The van der Waals surface area contributed by atoms with Crippen LogP contribution in [0.3, 0.4) is 0 Å². The SMILES string of the molecule is CC(C)CC(C)Oc1ccc2[nH]cc(CCN)c2n1. The van der Waals surface area contributed by atoms with Crippen molar-refractivity contribution in [2.24, 2.45) is 11.7 Å². The average Bonchev–Trinajstić information content (AvgIpc) is 2.71. The third-order valence-electron chi connectivity index (χ3n) is 3.11. The molecule has 0 fully saturated rings. The fourth-order valence-electron chi connectivity index (χ4n) is 2.37. The van der Waals surface area contributed by atoms with Crippen LogP contribution in [-0.2, 0) is 6.42 Å². The van der Waals surface area contributed by atoms with E-state index in [4.69, 9.17) is 10.5 Å². The van der Waals surface area contributed by atoms with Gasteiger partial charge in [0.2, 0.25) is 5.88 Å². The van der Waals surface area contributed by atoms with Gasteiger partial charge in [-0.25, -0.2) is 4.98 Å². The molecule has 19 heavy (non-hydrogen) atoms. The van der Waals surface area contributed by atoms with Gasteiger partial charge in [-0.15, -0.1) is 0 Å². The van der Waals surface area contributed by atoms with E-state index in [9.17, 15) is 0 Å². The Balaban J connectivity index is 2.17. The van der Waals surface area contributed by atoms with Crippen LogP contribution in [0, 0.1) is 5.92 Å². The van der Waals surface area contributed by atoms with Gasteiger partial charge in [0.1, 0.15) is 0 Å². The van der Waals surface area contributed by atoms with E-state index < -0.39 is 0 Å². The summed E-state index contributed by atoms with van der Waals surface area (Å²) >= 11 is 0. The number of nitrogens with two attached hydrogens (primary N) is 1. The number of aromatic nitrogens is 2. The molecule has 2 rings (SSSR count). The molecule has 0 radical (unpaired) electrons. The van der Waals surface area contributed by atoms with Crippen molar-refractivity contribution in [3.8, 4) is 5.88 Å². The Morgan fingerprint density at radius 2 is 2.11 bits per heavy atom. The van der Waals surface area contributed by atoms with Crippen LogP contribution in [0.4, 0.5) is 0 Å². The van der Waals surface area contributed by atoms with Crippen molar-refractivity contribution in [2.45, 2.75) is 39.7 Å². The first-order chi connectivity index (χ1) is 9.10. The maximum Gasteiger partial charge on any atom is 0.214 e. The molecule has 4 heteroatoms. The number of nitrogens with zero attached hydrogens (tertiary/aromatic N) is 1. The Morgan fingerprint density at radius 3 is 2.79 bits per heavy atom. The number of nitrogens with one attached hydrogen (secondary N) is 1. The van der Waals surface area contributed by atoms with Crippen LogP contribution in [0.15, 0.2) is 18.3 Å². The fourth-order valence-corrected chi connectivity index (χ4v) is 2.37. The summed E-state index contributed by atoms with van der Waals surface area (Å²) in [5.74, 6) is 1.32. The number of ether oxygens (including phenoxy) is 1. The largest absolute Gasteiger partial charge is 0.475 e. The van der Waals surface area contributed by atoms with E-state index in [1.165, 1.54) is 0 Å². The highest BCUT2D eigenvalue weighted by atomic mass is 16.5. The highest BCUT2D eigenvalue weighted by molar-refractivity contribution is 5.79. The van der Waals surface area contributed by atoms with Gasteiger partial charge in [-0.3, -0.25) is 0 Å². The molecule has 3 N–H and O–H groups in total. The normalized spacial score (nSPS) is 13.1. The third kappa shape index (κ3) is 3.47. The van der Waals surface area contributed by atoms with Crippen LogP contribution in [0.25, 0.3) is 11.0 Å². The van der Waals surface area contributed by atoms with Gasteiger partial charge in [-0.05, 0) is 43.9 Å². The monoisotopic (exact) mass is 261 g/mol. The maximum absolute atomic E-state index is 5.88. The molecule has 104 valence electrons. The number of aromatic amines is 1. The number of pyridine rings is 1. The van der Waals surface area contributed by atoms with E-state index in [-0.39, 0.29) is 6.10 Å². The summed E-state index contributed by atoms with van der Waals surface area (Å²) < 4.78 is 5.88. The molecule has 1 atom stereocenters. The molecule has 0 bridgehead atoms. The van der Waals surface area contributed by atoms with Crippen molar-refractivity contribution in [3.63, 3.8) is 0 Å². The van der Waals surface area contributed by atoms with E-state index in [0.717, 1.165) is 29.4 Å². The minimum absolute atomic E-state index is 0.182. The first kappa shape index (κ1) is 13.9. The van der Waals surface area contributed by atoms with Crippen LogP contribution in [-0.4, -0.2) is 22.6 Å². The van der Waals surface area contributed by atoms with Gasteiger partial charge < -0.3 is 15.5 Å². The second-order valence-electron chi connectivity index (χ2n) is 5.46. The first-order valence-corrected chi connectivity index (χ1v) is 6.94. The molecule has 2 aromatic heterocycles. The molecular formula is C15H23N3O. The van der Waals surface area contributed by atoms with E-state index in [1.54, 1.807) is 0 Å². The molecule has 0 saturated heterocycles. The topological polar surface area (TPSA) is 63.9 Å². The lowest BCUT2D eigenvalue weighted by molar-refractivity contribution is 0.186. The van der Waals surface area contributed by atoms with Gasteiger partial charge in [0.15, 0.2) is 0 Å². The first-order valence-electron chi connectivity index (χ1n) is 6.94. The lowest BCUT2D eigenvalue weighted by atomic mass is 10.1. The average molecular weight is 261 g/mol. The second-order valence-corrected chi connectivity index (χ2v) is 5.46. The predicted molar refractivity (Wildman–Crippen MR) is 78.4 cm³/mol. The van der Waals surface area contributed by atoms with Crippen molar-refractivity contribution in [1.29, 1.82) is 0 Å². The summed E-state index contributed by atoms with van der Waals surface area (Å²) in [5, 5.41) is 0. The van der Waals surface area contributed by atoms with Gasteiger partial charge in [-0.1, -0.05) is 13.8 Å². The molecule has 0 aromatic carbocycles. The molecule has 0 amide bonds. The number of rotatable bonds is 6. The molecule has 2 aromatic rings. The van der Waals surface area contributed by atoms with Crippen molar-refractivity contribution in [2.75, 3.05) is 6.54 Å². The zero-order valence-electron chi connectivity index (χ0n) is 11.9. The Kier molecular flexibility index (Phi) is 4.43. The van der Waals surface area contributed by atoms with Crippen LogP contribution in [0.2, 0.25) is 0 Å². The Bertz CT molecular complexity index is 533. The molecule has 0 spiro atoms. The van der Waals surface area contributed by atoms with E-state index in [2.05, 4.69) is 30.7 Å². The third-order valence-corrected chi connectivity index (χ3v) is 3.11. The standard InChI is InChI=1S/C15H23N3O/c1-10(2)8-11(3)19-14-5-4-13-15(18-14)12(6-7-16)9-17-13/h4-5,9-11,17H,6-8,16H2,1-3H3. The molecule has 0 saturated carbocycles. The summed E-state index contributed by atoms with van der Waals surface area (Å²) in [6.45, 7) is 7.11. The molecule has 2 heterocycles. The van der Waals surface area contributed by atoms with Crippen LogP contribution < -0.4 is 10.5 Å². The van der Waals surface area contributed by atoms with Gasteiger partial charge in [0.05, 0.1) is 17.1 Å². The van der Waals surface area contributed by atoms with E-state index in [1.807, 2.05) is 18.3 Å². The van der Waals surface area contributed by atoms with Gasteiger partial charge in [0, 0.05) is 12.3 Å². The van der Waals surface area contributed by atoms with E-state index >= 15 is 0 Å². The summed E-state index contributed by atoms with van der Waals surface area (Å²) in [5.41, 5.74) is 8.77. The molecule has 1 unspecified atom stereocenters. The summed E-state index contributed by atoms with van der Waals surface area (Å²) in [7, 11) is 0. The van der Waals surface area contributed by atoms with Crippen molar-refractivity contribution in [1.82, 2.24) is 9.97 Å². The molecule has 0 aliphatic heterocycles. The Labute approximate surface area is 114 Å². The fraction of sp³-hybridized carbons (Fsp3) is 0.533. The minimum Gasteiger partial charge on any atom is -0.475 e. The predicted octanol–water partition coefficient (Wildman–Crippen LogP) is 2.88. The van der Waals surface area contributed by atoms with Gasteiger partial charge in [0.25, 0.3) is 0 Å². The quantitative estimate of drug-likeness (QED) is 0.840. The molecule has 0 aliphatic carbocycles. The number of H-pyrrole nitrogens is 1. The lowest BCUT2D eigenvalue weighted by Gasteiger charge is -2.15. The molecule has 4 nitrogen and oxygen atoms in total. The Morgan fingerprint density at radius 1 is 1.32 bits per heavy atom. The summed E-state index contributed by atoms with van der Waals surface area (Å²) in [4.78, 5) is 7.80. The van der Waals surface area contributed by atoms with Crippen LogP contribution in [0.1, 0.15) is 32.8 Å². The number of fused-ring (bicyclic) bond motifs is 1. The summed E-state index contributed by atoms with van der Waals surface area (Å²) in [6.07, 6.45) is 4.02.